The van der Waals surface area contributed by atoms with Crippen molar-refractivity contribution in [2.24, 2.45) is 5.92 Å². The number of hydrogen-bond acceptors (Lipinski definition) is 4. The van der Waals surface area contributed by atoms with E-state index in [4.69, 9.17) is 0 Å². The summed E-state index contributed by atoms with van der Waals surface area (Å²) in [7, 11) is 3.45. The summed E-state index contributed by atoms with van der Waals surface area (Å²) in [6.07, 6.45) is 3.77. The minimum atomic E-state index is -0.0733. The number of anilines is 1. The predicted octanol–water partition coefficient (Wildman–Crippen LogP) is 2.19. The third kappa shape index (κ3) is 4.56. The average molecular weight is 267 g/mol. The summed E-state index contributed by atoms with van der Waals surface area (Å²) in [6.45, 7) is 3.11. The molecule has 1 amide bonds. The quantitative estimate of drug-likeness (QED) is 0.858. The second kappa shape index (κ2) is 7.26. The maximum atomic E-state index is 11.8. The number of aromatic nitrogens is 1. The minimum absolute atomic E-state index is 0.0733. The molecule has 1 unspecified atom stereocenters. The lowest BCUT2D eigenvalue weighted by atomic mass is 10.2. The lowest BCUT2D eigenvalue weighted by molar-refractivity contribution is 0.0822. The first-order chi connectivity index (χ1) is 8.54. The van der Waals surface area contributed by atoms with Crippen molar-refractivity contribution < 1.29 is 4.79 Å². The molecule has 1 aromatic heterocycles. The SMILES string of the molecule is CSCC(C)CNc1ccnc(C(=O)N(C)C)c1. The molecule has 0 bridgehead atoms. The van der Waals surface area contributed by atoms with Gasteiger partial charge in [-0.25, -0.2) is 0 Å². The highest BCUT2D eigenvalue weighted by Gasteiger charge is 2.10. The molecule has 0 fully saturated rings. The van der Waals surface area contributed by atoms with E-state index >= 15 is 0 Å². The number of amides is 1. The first kappa shape index (κ1) is 14.8. The highest BCUT2D eigenvalue weighted by Crippen LogP contribution is 2.11. The molecule has 0 saturated carbocycles. The van der Waals surface area contributed by atoms with Crippen molar-refractivity contribution >= 4 is 23.4 Å². The standard InChI is InChI=1S/C13H21N3OS/c1-10(9-18-4)8-15-11-5-6-14-12(7-11)13(17)16(2)3/h5-7,10H,8-9H2,1-4H3,(H,14,15). The highest BCUT2D eigenvalue weighted by atomic mass is 32.2. The molecular weight excluding hydrogens is 246 g/mol. The summed E-state index contributed by atoms with van der Waals surface area (Å²) in [4.78, 5) is 17.4. The minimum Gasteiger partial charge on any atom is -0.385 e. The van der Waals surface area contributed by atoms with Crippen LogP contribution in [0.2, 0.25) is 0 Å². The fraction of sp³-hybridized carbons (Fsp3) is 0.538. The van der Waals surface area contributed by atoms with Crippen molar-refractivity contribution in [2.75, 3.05) is 38.0 Å². The van der Waals surface area contributed by atoms with Gasteiger partial charge in [-0.05, 0) is 30.1 Å². The Balaban J connectivity index is 2.62. The van der Waals surface area contributed by atoms with Gasteiger partial charge in [0.05, 0.1) is 0 Å². The van der Waals surface area contributed by atoms with E-state index in [1.54, 1.807) is 26.4 Å². The van der Waals surface area contributed by atoms with E-state index in [0.29, 0.717) is 11.6 Å². The van der Waals surface area contributed by atoms with Crippen molar-refractivity contribution in [1.29, 1.82) is 0 Å². The first-order valence-electron chi connectivity index (χ1n) is 5.95. The van der Waals surface area contributed by atoms with Crippen LogP contribution in [0.1, 0.15) is 17.4 Å². The largest absolute Gasteiger partial charge is 0.385 e. The molecule has 0 radical (unpaired) electrons. The number of carbonyl (C=O) groups excluding carboxylic acids is 1. The van der Waals surface area contributed by atoms with E-state index in [-0.39, 0.29) is 5.91 Å². The Morgan fingerprint density at radius 2 is 2.28 bits per heavy atom. The van der Waals surface area contributed by atoms with Gasteiger partial charge in [0, 0.05) is 32.5 Å². The smallest absolute Gasteiger partial charge is 0.272 e. The maximum Gasteiger partial charge on any atom is 0.272 e. The van der Waals surface area contributed by atoms with Gasteiger partial charge in [-0.15, -0.1) is 0 Å². The highest BCUT2D eigenvalue weighted by molar-refractivity contribution is 7.98. The Morgan fingerprint density at radius 3 is 2.89 bits per heavy atom. The summed E-state index contributed by atoms with van der Waals surface area (Å²) in [5.41, 5.74) is 1.42. The Labute approximate surface area is 113 Å². The molecule has 1 aromatic rings. The van der Waals surface area contributed by atoms with E-state index < -0.39 is 0 Å². The molecule has 1 N–H and O–H groups in total. The molecule has 1 heterocycles. The average Bonchev–Trinajstić information content (AvgIpc) is 2.36. The second-order valence-corrected chi connectivity index (χ2v) is 5.48. The van der Waals surface area contributed by atoms with Crippen molar-refractivity contribution in [1.82, 2.24) is 9.88 Å². The summed E-state index contributed by atoms with van der Waals surface area (Å²) < 4.78 is 0. The van der Waals surface area contributed by atoms with Gasteiger partial charge >= 0.3 is 0 Å². The molecule has 0 aromatic carbocycles. The van der Waals surface area contributed by atoms with Gasteiger partial charge in [0.25, 0.3) is 5.91 Å². The van der Waals surface area contributed by atoms with Crippen LogP contribution in [0, 0.1) is 5.92 Å². The zero-order valence-electron chi connectivity index (χ0n) is 11.4. The maximum absolute atomic E-state index is 11.8. The molecule has 18 heavy (non-hydrogen) atoms. The summed E-state index contributed by atoms with van der Waals surface area (Å²) in [5.74, 6) is 1.65. The Kier molecular flexibility index (Phi) is 5.98. The Hall–Kier alpha value is -1.23. The monoisotopic (exact) mass is 267 g/mol. The van der Waals surface area contributed by atoms with Crippen molar-refractivity contribution in [3.63, 3.8) is 0 Å². The second-order valence-electron chi connectivity index (χ2n) is 4.57. The van der Waals surface area contributed by atoms with Crippen LogP contribution in [0.4, 0.5) is 5.69 Å². The zero-order chi connectivity index (χ0) is 13.5. The van der Waals surface area contributed by atoms with Crippen LogP contribution < -0.4 is 5.32 Å². The summed E-state index contributed by atoms with van der Waals surface area (Å²) in [6, 6.07) is 3.69. The van der Waals surface area contributed by atoms with E-state index in [9.17, 15) is 4.79 Å². The molecule has 100 valence electrons. The van der Waals surface area contributed by atoms with E-state index in [1.807, 2.05) is 17.8 Å². The molecule has 5 heteroatoms. The topological polar surface area (TPSA) is 45.2 Å². The van der Waals surface area contributed by atoms with Crippen LogP contribution in [-0.4, -0.2) is 48.4 Å². The molecular formula is C13H21N3OS. The van der Waals surface area contributed by atoms with E-state index in [2.05, 4.69) is 23.5 Å². The molecule has 0 aliphatic carbocycles. The first-order valence-corrected chi connectivity index (χ1v) is 7.34. The summed E-state index contributed by atoms with van der Waals surface area (Å²) in [5, 5.41) is 3.34. The molecule has 4 nitrogen and oxygen atoms in total. The zero-order valence-corrected chi connectivity index (χ0v) is 12.3. The molecule has 0 spiro atoms. The van der Waals surface area contributed by atoms with Gasteiger partial charge in [-0.1, -0.05) is 6.92 Å². The van der Waals surface area contributed by atoms with Crippen LogP contribution >= 0.6 is 11.8 Å². The summed E-state index contributed by atoms with van der Waals surface area (Å²) >= 11 is 1.84. The number of thioether (sulfide) groups is 1. The van der Waals surface area contributed by atoms with Gasteiger partial charge < -0.3 is 10.2 Å². The van der Waals surface area contributed by atoms with Crippen molar-refractivity contribution in [3.8, 4) is 0 Å². The lowest BCUT2D eigenvalue weighted by Gasteiger charge is -2.14. The fourth-order valence-corrected chi connectivity index (χ4v) is 2.21. The molecule has 1 atom stereocenters. The van der Waals surface area contributed by atoms with Gasteiger partial charge in [-0.2, -0.15) is 11.8 Å². The van der Waals surface area contributed by atoms with Crippen LogP contribution in [0.15, 0.2) is 18.3 Å². The van der Waals surface area contributed by atoms with Crippen molar-refractivity contribution in [2.45, 2.75) is 6.92 Å². The number of pyridine rings is 1. The third-order valence-electron chi connectivity index (χ3n) is 2.49. The van der Waals surface area contributed by atoms with Gasteiger partial charge in [0.1, 0.15) is 5.69 Å². The van der Waals surface area contributed by atoms with Crippen molar-refractivity contribution in [3.05, 3.63) is 24.0 Å². The van der Waals surface area contributed by atoms with Gasteiger partial charge in [-0.3, -0.25) is 9.78 Å². The molecule has 0 aliphatic heterocycles. The third-order valence-corrected chi connectivity index (χ3v) is 3.39. The predicted molar refractivity (Wildman–Crippen MR) is 78.3 cm³/mol. The van der Waals surface area contributed by atoms with E-state index in [1.165, 1.54) is 4.90 Å². The van der Waals surface area contributed by atoms with Gasteiger partial charge in [0.2, 0.25) is 0 Å². The number of nitrogens with zero attached hydrogens (tertiary/aromatic N) is 2. The normalized spacial score (nSPS) is 12.0. The number of nitrogens with one attached hydrogen (secondary N) is 1. The van der Waals surface area contributed by atoms with Crippen LogP contribution in [0.25, 0.3) is 0 Å². The number of rotatable bonds is 6. The van der Waals surface area contributed by atoms with Crippen LogP contribution in [0.3, 0.4) is 0 Å². The van der Waals surface area contributed by atoms with Crippen LogP contribution in [0.5, 0.6) is 0 Å². The number of hydrogen-bond donors (Lipinski definition) is 1. The lowest BCUT2D eigenvalue weighted by Crippen LogP contribution is -2.23. The fourth-order valence-electron chi connectivity index (χ4n) is 1.52. The molecule has 1 rings (SSSR count). The Bertz CT molecular complexity index is 396. The van der Waals surface area contributed by atoms with Gasteiger partial charge in [0.15, 0.2) is 0 Å². The van der Waals surface area contributed by atoms with E-state index in [0.717, 1.165) is 18.0 Å². The Morgan fingerprint density at radius 1 is 1.56 bits per heavy atom. The molecule has 0 saturated heterocycles. The molecule has 0 aliphatic rings. The number of carbonyl (C=O) groups is 1. The van der Waals surface area contributed by atoms with Crippen LogP contribution in [-0.2, 0) is 0 Å².